The van der Waals surface area contributed by atoms with Crippen molar-refractivity contribution in [3.8, 4) is 0 Å². The van der Waals surface area contributed by atoms with Crippen LogP contribution in [0.15, 0.2) is 0 Å². The lowest BCUT2D eigenvalue weighted by Crippen LogP contribution is -2.54. The summed E-state index contributed by atoms with van der Waals surface area (Å²) in [5, 5.41) is 2.48. The minimum absolute atomic E-state index is 0.0165. The molecule has 0 saturated carbocycles. The van der Waals surface area contributed by atoms with Gasteiger partial charge in [-0.15, -0.1) is 0 Å². The van der Waals surface area contributed by atoms with Crippen LogP contribution in [0, 0.1) is 5.92 Å². The highest BCUT2D eigenvalue weighted by molar-refractivity contribution is 5.86. The summed E-state index contributed by atoms with van der Waals surface area (Å²) in [5.41, 5.74) is 5.05. The van der Waals surface area contributed by atoms with Crippen LogP contribution in [0.25, 0.3) is 0 Å². The Labute approximate surface area is 95.1 Å². The Hall–Kier alpha value is -1.30. The number of nitrogens with zero attached hydrogens (tertiary/aromatic N) is 1. The molecule has 1 atom stereocenters. The number of carbonyl (C=O) groups excluding carboxylic acids is 2. The summed E-state index contributed by atoms with van der Waals surface area (Å²) in [4.78, 5) is 24.6. The number of hydrogen-bond donors (Lipinski definition) is 2. The molecule has 1 rings (SSSR count). The maximum Gasteiger partial charge on any atom is 0.312 e. The molecular formula is C10H19N3O3. The summed E-state index contributed by atoms with van der Waals surface area (Å²) in [6.07, 6.45) is 0. The number of nitrogens with two attached hydrogens (primary N) is 1. The molecule has 1 heterocycles. The molecule has 0 aromatic carbocycles. The van der Waals surface area contributed by atoms with Crippen molar-refractivity contribution in [3.63, 3.8) is 0 Å². The molecular weight excluding hydrogens is 210 g/mol. The Morgan fingerprint density at radius 1 is 1.31 bits per heavy atom. The van der Waals surface area contributed by atoms with Gasteiger partial charge in [-0.1, -0.05) is 13.8 Å². The Morgan fingerprint density at radius 2 is 1.88 bits per heavy atom. The van der Waals surface area contributed by atoms with Gasteiger partial charge < -0.3 is 20.7 Å². The minimum Gasteiger partial charge on any atom is -0.378 e. The summed E-state index contributed by atoms with van der Waals surface area (Å²) >= 11 is 0. The molecule has 6 heteroatoms. The Morgan fingerprint density at radius 3 is 2.31 bits per heavy atom. The van der Waals surface area contributed by atoms with E-state index in [-0.39, 0.29) is 11.8 Å². The van der Waals surface area contributed by atoms with E-state index in [2.05, 4.69) is 5.32 Å². The summed E-state index contributed by atoms with van der Waals surface area (Å²) in [6.45, 7) is 5.99. The predicted octanol–water partition coefficient (Wildman–Crippen LogP) is -0.462. The zero-order valence-electron chi connectivity index (χ0n) is 9.73. The molecule has 0 aromatic heterocycles. The van der Waals surface area contributed by atoms with Crippen molar-refractivity contribution < 1.29 is 14.3 Å². The topological polar surface area (TPSA) is 84.7 Å². The second-order valence-corrected chi connectivity index (χ2v) is 4.17. The van der Waals surface area contributed by atoms with Gasteiger partial charge in [-0.2, -0.15) is 0 Å². The highest BCUT2D eigenvalue weighted by Crippen LogP contribution is 2.08. The number of morpholine rings is 1. The molecule has 0 radical (unpaired) electrons. The molecule has 6 nitrogen and oxygen atoms in total. The number of hydrogen-bond acceptors (Lipinski definition) is 3. The lowest BCUT2D eigenvalue weighted by molar-refractivity contribution is -0.138. The van der Waals surface area contributed by atoms with E-state index in [1.165, 1.54) is 0 Å². The quantitative estimate of drug-likeness (QED) is 0.686. The summed E-state index contributed by atoms with van der Waals surface area (Å²) in [6, 6.07) is -1.21. The average Bonchev–Trinajstić information content (AvgIpc) is 2.25. The first-order chi connectivity index (χ1) is 7.52. The van der Waals surface area contributed by atoms with Gasteiger partial charge in [-0.3, -0.25) is 4.79 Å². The normalized spacial score (nSPS) is 18.3. The second kappa shape index (κ2) is 5.69. The molecule has 1 aliphatic heterocycles. The third-order valence-corrected chi connectivity index (χ3v) is 2.55. The van der Waals surface area contributed by atoms with E-state index in [4.69, 9.17) is 10.5 Å². The fourth-order valence-corrected chi connectivity index (χ4v) is 1.65. The Bertz CT molecular complexity index is 262. The molecule has 3 amide bonds. The number of nitrogens with one attached hydrogen (secondary N) is 1. The number of primary amides is 1. The first-order valence-electron chi connectivity index (χ1n) is 5.45. The number of amides is 3. The lowest BCUT2D eigenvalue weighted by Gasteiger charge is -2.31. The smallest absolute Gasteiger partial charge is 0.312 e. The van der Waals surface area contributed by atoms with Gasteiger partial charge in [-0.05, 0) is 5.92 Å². The second-order valence-electron chi connectivity index (χ2n) is 4.17. The lowest BCUT2D eigenvalue weighted by atomic mass is 10.0. The van der Waals surface area contributed by atoms with Crippen molar-refractivity contribution in [1.82, 2.24) is 10.2 Å². The van der Waals surface area contributed by atoms with Crippen molar-refractivity contribution >= 4 is 11.9 Å². The van der Waals surface area contributed by atoms with E-state index < -0.39 is 12.1 Å². The van der Waals surface area contributed by atoms with Crippen molar-refractivity contribution in [2.24, 2.45) is 11.7 Å². The fourth-order valence-electron chi connectivity index (χ4n) is 1.65. The van der Waals surface area contributed by atoms with Gasteiger partial charge in [0, 0.05) is 13.1 Å². The van der Waals surface area contributed by atoms with Gasteiger partial charge in [0.25, 0.3) is 0 Å². The predicted molar refractivity (Wildman–Crippen MR) is 58.7 cm³/mol. The van der Waals surface area contributed by atoms with Crippen molar-refractivity contribution in [1.29, 1.82) is 0 Å². The SMILES string of the molecule is CC(C)C(NC(N)=O)C(=O)N1CCOCC1. The van der Waals surface area contributed by atoms with Crippen molar-refractivity contribution in [2.75, 3.05) is 26.3 Å². The molecule has 92 valence electrons. The van der Waals surface area contributed by atoms with Crippen LogP contribution in [0.4, 0.5) is 4.79 Å². The van der Waals surface area contributed by atoms with Gasteiger partial charge in [0.1, 0.15) is 6.04 Å². The van der Waals surface area contributed by atoms with E-state index in [1.807, 2.05) is 13.8 Å². The zero-order chi connectivity index (χ0) is 12.1. The first kappa shape index (κ1) is 12.8. The van der Waals surface area contributed by atoms with E-state index in [9.17, 15) is 9.59 Å². The molecule has 1 unspecified atom stereocenters. The van der Waals surface area contributed by atoms with E-state index in [0.29, 0.717) is 26.3 Å². The van der Waals surface area contributed by atoms with Crippen LogP contribution < -0.4 is 11.1 Å². The average molecular weight is 229 g/mol. The number of urea groups is 1. The molecule has 16 heavy (non-hydrogen) atoms. The number of rotatable bonds is 3. The minimum atomic E-state index is -0.666. The Balaban J connectivity index is 2.61. The molecule has 3 N–H and O–H groups in total. The van der Waals surface area contributed by atoms with Gasteiger partial charge >= 0.3 is 6.03 Å². The van der Waals surface area contributed by atoms with Gasteiger partial charge in [0.15, 0.2) is 0 Å². The van der Waals surface area contributed by atoms with Gasteiger partial charge in [-0.25, -0.2) is 4.79 Å². The van der Waals surface area contributed by atoms with Crippen LogP contribution >= 0.6 is 0 Å². The van der Waals surface area contributed by atoms with Crippen LogP contribution in [0.2, 0.25) is 0 Å². The highest BCUT2D eigenvalue weighted by Gasteiger charge is 2.28. The fraction of sp³-hybridized carbons (Fsp3) is 0.800. The highest BCUT2D eigenvalue weighted by atomic mass is 16.5. The third-order valence-electron chi connectivity index (χ3n) is 2.55. The molecule has 1 saturated heterocycles. The van der Waals surface area contributed by atoms with Crippen LogP contribution in [-0.4, -0.2) is 49.2 Å². The third kappa shape index (κ3) is 3.37. The summed E-state index contributed by atoms with van der Waals surface area (Å²) in [5.74, 6) is -0.0695. The Kier molecular flexibility index (Phi) is 4.54. The monoisotopic (exact) mass is 229 g/mol. The van der Waals surface area contributed by atoms with Gasteiger partial charge in [0.05, 0.1) is 13.2 Å². The molecule has 1 aliphatic rings. The standard InChI is InChI=1S/C10H19N3O3/c1-7(2)8(12-10(11)15)9(14)13-3-5-16-6-4-13/h7-8H,3-6H2,1-2H3,(H3,11,12,15). The van der Waals surface area contributed by atoms with E-state index >= 15 is 0 Å². The van der Waals surface area contributed by atoms with Crippen LogP contribution in [0.5, 0.6) is 0 Å². The van der Waals surface area contributed by atoms with Gasteiger partial charge in [0.2, 0.25) is 5.91 Å². The molecule has 0 bridgehead atoms. The number of ether oxygens (including phenoxy) is 1. The molecule has 1 fully saturated rings. The van der Waals surface area contributed by atoms with Crippen LogP contribution in [-0.2, 0) is 9.53 Å². The van der Waals surface area contributed by atoms with E-state index in [1.54, 1.807) is 4.90 Å². The summed E-state index contributed by atoms with van der Waals surface area (Å²) in [7, 11) is 0. The summed E-state index contributed by atoms with van der Waals surface area (Å²) < 4.78 is 5.17. The van der Waals surface area contributed by atoms with Crippen molar-refractivity contribution in [2.45, 2.75) is 19.9 Å². The molecule has 0 spiro atoms. The largest absolute Gasteiger partial charge is 0.378 e. The van der Waals surface area contributed by atoms with Crippen LogP contribution in [0.1, 0.15) is 13.8 Å². The number of carbonyl (C=O) groups is 2. The molecule has 0 aliphatic carbocycles. The maximum atomic E-state index is 12.1. The maximum absolute atomic E-state index is 12.1. The molecule has 0 aromatic rings. The van der Waals surface area contributed by atoms with Crippen LogP contribution in [0.3, 0.4) is 0 Å². The van der Waals surface area contributed by atoms with Crippen molar-refractivity contribution in [3.05, 3.63) is 0 Å². The first-order valence-corrected chi connectivity index (χ1v) is 5.45. The van der Waals surface area contributed by atoms with E-state index in [0.717, 1.165) is 0 Å². The zero-order valence-corrected chi connectivity index (χ0v) is 9.73.